The van der Waals surface area contributed by atoms with Crippen molar-refractivity contribution in [2.45, 2.75) is 6.42 Å². The molecule has 66 valence electrons. The highest BCUT2D eigenvalue weighted by Crippen LogP contribution is 2.28. The monoisotopic (exact) mass is 238 g/mol. The summed E-state index contributed by atoms with van der Waals surface area (Å²) in [6.45, 7) is 0. The number of fused-ring (bicyclic) bond motifs is 1. The summed E-state index contributed by atoms with van der Waals surface area (Å²) >= 11 is 3.36. The van der Waals surface area contributed by atoms with Crippen LogP contribution in [0.25, 0.3) is 6.08 Å². The second-order valence-electron chi connectivity index (χ2n) is 2.94. The molecule has 0 aromatic heterocycles. The topological polar surface area (TPSA) is 37.3 Å². The molecule has 0 amide bonds. The van der Waals surface area contributed by atoms with Crippen LogP contribution in [-0.4, -0.2) is 11.1 Å². The molecule has 3 heteroatoms. The van der Waals surface area contributed by atoms with Crippen molar-refractivity contribution in [3.63, 3.8) is 0 Å². The van der Waals surface area contributed by atoms with Crippen molar-refractivity contribution >= 4 is 28.0 Å². The van der Waals surface area contributed by atoms with Gasteiger partial charge in [0.05, 0.1) is 5.56 Å². The van der Waals surface area contributed by atoms with E-state index in [0.29, 0.717) is 5.56 Å². The minimum Gasteiger partial charge on any atom is -0.478 e. The Hall–Kier alpha value is -1.09. The molecule has 0 saturated carbocycles. The molecule has 13 heavy (non-hydrogen) atoms. The normalized spacial score (nSPS) is 13.0. The lowest BCUT2D eigenvalue weighted by Gasteiger charge is -2.03. The standard InChI is InChI=1S/C10H7BrO2/c11-9-5-7(10(12)13)4-6-2-1-3-8(6)9/h1-2,4-5H,3H2,(H,12,13). The molecule has 1 aromatic rings. The zero-order valence-corrected chi connectivity index (χ0v) is 8.34. The first kappa shape index (κ1) is 8.51. The predicted octanol–water partition coefficient (Wildman–Crippen LogP) is 2.72. The van der Waals surface area contributed by atoms with Gasteiger partial charge in [-0.3, -0.25) is 0 Å². The fourth-order valence-corrected chi connectivity index (χ4v) is 2.09. The first-order valence-corrected chi connectivity index (χ1v) is 4.70. The Balaban J connectivity index is 2.60. The van der Waals surface area contributed by atoms with Crippen molar-refractivity contribution in [1.29, 1.82) is 0 Å². The number of carbonyl (C=O) groups is 1. The molecule has 1 aliphatic carbocycles. The minimum atomic E-state index is -0.885. The Labute approximate surface area is 84.0 Å². The highest BCUT2D eigenvalue weighted by Gasteiger charge is 2.13. The molecule has 0 atom stereocenters. The van der Waals surface area contributed by atoms with Crippen LogP contribution in [-0.2, 0) is 6.42 Å². The van der Waals surface area contributed by atoms with Crippen LogP contribution < -0.4 is 0 Å². The summed E-state index contributed by atoms with van der Waals surface area (Å²) in [4.78, 5) is 10.7. The van der Waals surface area contributed by atoms with Crippen LogP contribution in [0.1, 0.15) is 21.5 Å². The maximum Gasteiger partial charge on any atom is 0.335 e. The SMILES string of the molecule is O=C(O)c1cc(Br)c2c(c1)C=CC2. The molecule has 0 fully saturated rings. The summed E-state index contributed by atoms with van der Waals surface area (Å²) in [6.07, 6.45) is 4.86. The Morgan fingerprint density at radius 3 is 2.92 bits per heavy atom. The molecule has 2 nitrogen and oxygen atoms in total. The molecule has 0 bridgehead atoms. The van der Waals surface area contributed by atoms with Gasteiger partial charge in [-0.2, -0.15) is 0 Å². The van der Waals surface area contributed by atoms with Gasteiger partial charge in [0, 0.05) is 4.47 Å². The molecule has 0 saturated heterocycles. The lowest BCUT2D eigenvalue weighted by atomic mass is 10.1. The van der Waals surface area contributed by atoms with Crippen molar-refractivity contribution in [2.24, 2.45) is 0 Å². The largest absolute Gasteiger partial charge is 0.478 e. The Morgan fingerprint density at radius 2 is 2.23 bits per heavy atom. The van der Waals surface area contributed by atoms with E-state index >= 15 is 0 Å². The number of allylic oxidation sites excluding steroid dienone is 1. The number of halogens is 1. The molecule has 1 aromatic carbocycles. The van der Waals surface area contributed by atoms with Crippen molar-refractivity contribution in [3.8, 4) is 0 Å². The average molecular weight is 239 g/mol. The van der Waals surface area contributed by atoms with Crippen LogP contribution >= 0.6 is 15.9 Å². The van der Waals surface area contributed by atoms with Crippen LogP contribution in [0.15, 0.2) is 22.7 Å². The number of hydrogen-bond donors (Lipinski definition) is 1. The third-order valence-corrected chi connectivity index (χ3v) is 2.80. The van der Waals surface area contributed by atoms with Gasteiger partial charge in [-0.05, 0) is 29.7 Å². The summed E-state index contributed by atoms with van der Waals surface area (Å²) in [5.41, 5.74) is 2.51. The summed E-state index contributed by atoms with van der Waals surface area (Å²) < 4.78 is 0.882. The maximum absolute atomic E-state index is 10.7. The first-order valence-electron chi connectivity index (χ1n) is 3.91. The van der Waals surface area contributed by atoms with Crippen LogP contribution in [0.3, 0.4) is 0 Å². The Morgan fingerprint density at radius 1 is 1.46 bits per heavy atom. The van der Waals surface area contributed by atoms with Crippen LogP contribution in [0, 0.1) is 0 Å². The zero-order valence-electron chi connectivity index (χ0n) is 6.75. The smallest absolute Gasteiger partial charge is 0.335 e. The molecule has 2 rings (SSSR count). The van der Waals surface area contributed by atoms with Gasteiger partial charge >= 0.3 is 5.97 Å². The van der Waals surface area contributed by atoms with Gasteiger partial charge in [-0.1, -0.05) is 28.1 Å². The van der Waals surface area contributed by atoms with Gasteiger partial charge in [0.2, 0.25) is 0 Å². The first-order chi connectivity index (χ1) is 6.18. The predicted molar refractivity (Wildman–Crippen MR) is 53.8 cm³/mol. The van der Waals surface area contributed by atoms with Crippen molar-refractivity contribution in [2.75, 3.05) is 0 Å². The van der Waals surface area contributed by atoms with Gasteiger partial charge in [0.15, 0.2) is 0 Å². The average Bonchev–Trinajstić information content (AvgIpc) is 2.51. The van der Waals surface area contributed by atoms with E-state index in [1.807, 2.05) is 12.2 Å². The summed E-state index contributed by atoms with van der Waals surface area (Å²) in [7, 11) is 0. The molecule has 0 spiro atoms. The molecule has 1 aliphatic rings. The van der Waals surface area contributed by atoms with E-state index in [1.165, 1.54) is 5.56 Å². The number of aromatic carboxylic acids is 1. The van der Waals surface area contributed by atoms with Gasteiger partial charge in [-0.25, -0.2) is 4.79 Å². The number of hydrogen-bond acceptors (Lipinski definition) is 1. The molecule has 0 aliphatic heterocycles. The summed E-state index contributed by atoms with van der Waals surface area (Å²) in [6, 6.07) is 3.35. The lowest BCUT2D eigenvalue weighted by molar-refractivity contribution is 0.0697. The molecular weight excluding hydrogens is 232 g/mol. The van der Waals surface area contributed by atoms with Crippen molar-refractivity contribution in [3.05, 3.63) is 39.4 Å². The van der Waals surface area contributed by atoms with Crippen molar-refractivity contribution in [1.82, 2.24) is 0 Å². The van der Waals surface area contributed by atoms with E-state index in [1.54, 1.807) is 12.1 Å². The Kier molecular flexibility index (Phi) is 1.96. The molecule has 0 unspecified atom stereocenters. The third kappa shape index (κ3) is 1.40. The summed E-state index contributed by atoms with van der Waals surface area (Å²) in [5.74, 6) is -0.885. The number of rotatable bonds is 1. The minimum absolute atomic E-state index is 0.331. The lowest BCUT2D eigenvalue weighted by Crippen LogP contribution is -1.98. The van der Waals surface area contributed by atoms with Gasteiger partial charge in [-0.15, -0.1) is 0 Å². The van der Waals surface area contributed by atoms with E-state index in [9.17, 15) is 4.79 Å². The van der Waals surface area contributed by atoms with Gasteiger partial charge in [0.25, 0.3) is 0 Å². The van der Waals surface area contributed by atoms with Crippen LogP contribution in [0.2, 0.25) is 0 Å². The van der Waals surface area contributed by atoms with Crippen LogP contribution in [0.5, 0.6) is 0 Å². The van der Waals surface area contributed by atoms with E-state index < -0.39 is 5.97 Å². The highest BCUT2D eigenvalue weighted by molar-refractivity contribution is 9.10. The molecule has 0 radical (unpaired) electrons. The van der Waals surface area contributed by atoms with E-state index in [0.717, 1.165) is 16.5 Å². The second-order valence-corrected chi connectivity index (χ2v) is 3.79. The third-order valence-electron chi connectivity index (χ3n) is 2.10. The van der Waals surface area contributed by atoms with Crippen molar-refractivity contribution < 1.29 is 9.90 Å². The highest BCUT2D eigenvalue weighted by atomic mass is 79.9. The van der Waals surface area contributed by atoms with Gasteiger partial charge < -0.3 is 5.11 Å². The maximum atomic E-state index is 10.7. The van der Waals surface area contributed by atoms with E-state index in [2.05, 4.69) is 15.9 Å². The molecule has 0 heterocycles. The molecule has 1 N–H and O–H groups in total. The molecular formula is C10H7BrO2. The summed E-state index contributed by atoms with van der Waals surface area (Å²) in [5, 5.41) is 8.80. The fraction of sp³-hybridized carbons (Fsp3) is 0.100. The second kappa shape index (κ2) is 3.00. The number of carboxylic acids is 1. The zero-order chi connectivity index (χ0) is 9.42. The van der Waals surface area contributed by atoms with Crippen LogP contribution in [0.4, 0.5) is 0 Å². The number of benzene rings is 1. The number of carboxylic acid groups (broad SMARTS) is 1. The fourth-order valence-electron chi connectivity index (χ4n) is 1.45. The quantitative estimate of drug-likeness (QED) is 0.817. The Bertz CT molecular complexity index is 408. The van der Waals surface area contributed by atoms with E-state index in [-0.39, 0.29) is 0 Å². The van der Waals surface area contributed by atoms with Gasteiger partial charge in [0.1, 0.15) is 0 Å². The van der Waals surface area contributed by atoms with E-state index in [4.69, 9.17) is 5.11 Å².